The minimum absolute atomic E-state index is 0.952. The Morgan fingerprint density at radius 2 is 1.47 bits per heavy atom. The van der Waals surface area contributed by atoms with Gasteiger partial charge in [0.25, 0.3) is 0 Å². The zero-order valence-electron chi connectivity index (χ0n) is 12.4. The van der Waals surface area contributed by atoms with E-state index in [1.807, 2.05) is 19.1 Å². The SMILES string of the molecule is Cc1cc(C)cc(C(C)(O)c2cccc(C)c2C)c1. The number of aliphatic hydroxyl groups is 1. The van der Waals surface area contributed by atoms with Crippen LogP contribution in [0, 0.1) is 27.7 Å². The van der Waals surface area contributed by atoms with E-state index >= 15 is 0 Å². The Balaban J connectivity index is 2.61. The van der Waals surface area contributed by atoms with Crippen molar-refractivity contribution >= 4 is 0 Å². The molecule has 0 aromatic heterocycles. The summed E-state index contributed by atoms with van der Waals surface area (Å²) in [5.41, 5.74) is 5.72. The van der Waals surface area contributed by atoms with Gasteiger partial charge in [0.1, 0.15) is 5.60 Å². The number of benzene rings is 2. The van der Waals surface area contributed by atoms with E-state index in [9.17, 15) is 5.11 Å². The Morgan fingerprint density at radius 1 is 0.895 bits per heavy atom. The molecule has 1 N–H and O–H groups in total. The van der Waals surface area contributed by atoms with Crippen molar-refractivity contribution in [3.8, 4) is 0 Å². The molecule has 0 fully saturated rings. The van der Waals surface area contributed by atoms with E-state index in [0.717, 1.165) is 16.7 Å². The van der Waals surface area contributed by atoms with Gasteiger partial charge in [0.05, 0.1) is 0 Å². The van der Waals surface area contributed by atoms with Gasteiger partial charge < -0.3 is 5.11 Å². The molecule has 0 saturated heterocycles. The first-order chi connectivity index (χ1) is 8.82. The number of rotatable bonds is 2. The molecule has 19 heavy (non-hydrogen) atoms. The molecule has 2 aromatic rings. The molecule has 2 rings (SSSR count). The predicted octanol–water partition coefficient (Wildman–Crippen LogP) is 4.18. The Bertz CT molecular complexity index is 589. The molecule has 1 nitrogen and oxygen atoms in total. The summed E-state index contributed by atoms with van der Waals surface area (Å²) < 4.78 is 0. The van der Waals surface area contributed by atoms with Gasteiger partial charge in [-0.05, 0) is 56.9 Å². The van der Waals surface area contributed by atoms with E-state index in [4.69, 9.17) is 0 Å². The largest absolute Gasteiger partial charge is 0.381 e. The fourth-order valence-corrected chi connectivity index (χ4v) is 2.69. The maximum Gasteiger partial charge on any atom is 0.112 e. The molecule has 0 spiro atoms. The molecule has 0 heterocycles. The second-order valence-electron chi connectivity index (χ2n) is 5.70. The van der Waals surface area contributed by atoms with Crippen LogP contribution in [0.4, 0.5) is 0 Å². The van der Waals surface area contributed by atoms with Gasteiger partial charge in [-0.2, -0.15) is 0 Å². The molecule has 0 amide bonds. The second-order valence-corrected chi connectivity index (χ2v) is 5.70. The summed E-state index contributed by atoms with van der Waals surface area (Å²) in [6, 6.07) is 12.4. The molecule has 0 saturated carbocycles. The summed E-state index contributed by atoms with van der Waals surface area (Å²) in [5, 5.41) is 11.0. The topological polar surface area (TPSA) is 20.2 Å². The molecule has 100 valence electrons. The Labute approximate surface area is 115 Å². The predicted molar refractivity (Wildman–Crippen MR) is 80.5 cm³/mol. The van der Waals surface area contributed by atoms with Crippen LogP contribution in [0.3, 0.4) is 0 Å². The van der Waals surface area contributed by atoms with Crippen molar-refractivity contribution in [1.82, 2.24) is 0 Å². The normalized spacial score (nSPS) is 14.2. The van der Waals surface area contributed by atoms with Crippen LogP contribution >= 0.6 is 0 Å². The first-order valence-corrected chi connectivity index (χ1v) is 6.70. The van der Waals surface area contributed by atoms with Gasteiger partial charge in [0, 0.05) is 0 Å². The summed E-state index contributed by atoms with van der Waals surface area (Å²) in [6.45, 7) is 10.2. The zero-order valence-corrected chi connectivity index (χ0v) is 12.4. The van der Waals surface area contributed by atoms with Crippen LogP contribution in [0.5, 0.6) is 0 Å². The van der Waals surface area contributed by atoms with E-state index in [2.05, 4.69) is 52.0 Å². The lowest BCUT2D eigenvalue weighted by atomic mass is 9.83. The molecule has 1 heteroatoms. The molecule has 0 aliphatic rings. The molecule has 0 radical (unpaired) electrons. The third kappa shape index (κ3) is 2.57. The van der Waals surface area contributed by atoms with E-state index in [0.29, 0.717) is 0 Å². The third-order valence-corrected chi connectivity index (χ3v) is 3.91. The molecule has 1 atom stereocenters. The summed E-state index contributed by atoms with van der Waals surface area (Å²) in [5.74, 6) is 0. The maximum absolute atomic E-state index is 11.0. The van der Waals surface area contributed by atoms with Gasteiger partial charge in [0.15, 0.2) is 0 Å². The van der Waals surface area contributed by atoms with Crippen LogP contribution in [0.15, 0.2) is 36.4 Å². The van der Waals surface area contributed by atoms with Crippen molar-refractivity contribution < 1.29 is 5.11 Å². The van der Waals surface area contributed by atoms with Crippen LogP contribution in [0.1, 0.15) is 40.3 Å². The first-order valence-electron chi connectivity index (χ1n) is 6.70. The number of hydrogen-bond donors (Lipinski definition) is 1. The smallest absolute Gasteiger partial charge is 0.112 e. The van der Waals surface area contributed by atoms with Crippen LogP contribution < -0.4 is 0 Å². The average Bonchev–Trinajstić information content (AvgIpc) is 2.31. The fourth-order valence-electron chi connectivity index (χ4n) is 2.69. The van der Waals surface area contributed by atoms with Crippen molar-refractivity contribution in [2.45, 2.75) is 40.2 Å². The Hall–Kier alpha value is -1.60. The van der Waals surface area contributed by atoms with Gasteiger partial charge in [-0.15, -0.1) is 0 Å². The number of hydrogen-bond acceptors (Lipinski definition) is 1. The van der Waals surface area contributed by atoms with Crippen LogP contribution in [-0.4, -0.2) is 5.11 Å². The quantitative estimate of drug-likeness (QED) is 0.852. The molecule has 0 bridgehead atoms. The highest BCUT2D eigenvalue weighted by atomic mass is 16.3. The van der Waals surface area contributed by atoms with E-state index in [1.54, 1.807) is 0 Å². The second kappa shape index (κ2) is 4.82. The Morgan fingerprint density at radius 3 is 2.05 bits per heavy atom. The highest BCUT2D eigenvalue weighted by Gasteiger charge is 2.27. The average molecular weight is 254 g/mol. The highest BCUT2D eigenvalue weighted by molar-refractivity contribution is 5.44. The lowest BCUT2D eigenvalue weighted by molar-refractivity contribution is 0.101. The summed E-state index contributed by atoms with van der Waals surface area (Å²) in [6.07, 6.45) is 0. The van der Waals surface area contributed by atoms with Gasteiger partial charge in [-0.25, -0.2) is 0 Å². The van der Waals surface area contributed by atoms with E-state index in [1.165, 1.54) is 16.7 Å². The van der Waals surface area contributed by atoms with E-state index < -0.39 is 5.60 Å². The third-order valence-electron chi connectivity index (χ3n) is 3.91. The maximum atomic E-state index is 11.0. The van der Waals surface area contributed by atoms with Gasteiger partial charge >= 0.3 is 0 Å². The molecular formula is C18H22O. The minimum Gasteiger partial charge on any atom is -0.381 e. The van der Waals surface area contributed by atoms with Crippen LogP contribution in [0.2, 0.25) is 0 Å². The summed E-state index contributed by atoms with van der Waals surface area (Å²) >= 11 is 0. The highest BCUT2D eigenvalue weighted by Crippen LogP contribution is 2.33. The van der Waals surface area contributed by atoms with Crippen molar-refractivity contribution in [3.05, 3.63) is 69.8 Å². The van der Waals surface area contributed by atoms with Gasteiger partial charge in [0.2, 0.25) is 0 Å². The molecule has 0 aliphatic carbocycles. The molecule has 1 unspecified atom stereocenters. The number of aryl methyl sites for hydroxylation is 3. The Kier molecular flexibility index (Phi) is 3.51. The van der Waals surface area contributed by atoms with Crippen molar-refractivity contribution in [2.75, 3.05) is 0 Å². The van der Waals surface area contributed by atoms with Crippen molar-refractivity contribution in [3.63, 3.8) is 0 Å². The van der Waals surface area contributed by atoms with Crippen molar-refractivity contribution in [1.29, 1.82) is 0 Å². The summed E-state index contributed by atoms with van der Waals surface area (Å²) in [7, 11) is 0. The van der Waals surface area contributed by atoms with Crippen molar-refractivity contribution in [2.24, 2.45) is 0 Å². The van der Waals surface area contributed by atoms with Gasteiger partial charge in [-0.3, -0.25) is 0 Å². The molecular weight excluding hydrogens is 232 g/mol. The van der Waals surface area contributed by atoms with Gasteiger partial charge in [-0.1, -0.05) is 47.5 Å². The lowest BCUT2D eigenvalue weighted by Crippen LogP contribution is -2.24. The minimum atomic E-state index is -0.952. The van der Waals surface area contributed by atoms with E-state index in [-0.39, 0.29) is 0 Å². The van der Waals surface area contributed by atoms with Crippen LogP contribution in [-0.2, 0) is 5.60 Å². The zero-order chi connectivity index (χ0) is 14.2. The summed E-state index contributed by atoms with van der Waals surface area (Å²) in [4.78, 5) is 0. The lowest BCUT2D eigenvalue weighted by Gasteiger charge is -2.28. The fraction of sp³-hybridized carbons (Fsp3) is 0.333. The monoisotopic (exact) mass is 254 g/mol. The van der Waals surface area contributed by atoms with Crippen LogP contribution in [0.25, 0.3) is 0 Å². The molecule has 2 aromatic carbocycles. The molecule has 0 aliphatic heterocycles. The standard InChI is InChI=1S/C18H22O/c1-12-9-13(2)11-16(10-12)18(5,19)17-8-6-7-14(3)15(17)4/h6-11,19H,1-5H3. The first kappa shape index (κ1) is 13.8.